The number of rotatable bonds is 6. The van der Waals surface area contributed by atoms with Crippen LogP contribution < -0.4 is 9.47 Å². The van der Waals surface area contributed by atoms with Gasteiger partial charge in [0.05, 0.1) is 19.3 Å². The van der Waals surface area contributed by atoms with Crippen molar-refractivity contribution < 1.29 is 34.0 Å². The number of furan rings is 1. The molecule has 7 nitrogen and oxygen atoms in total. The van der Waals surface area contributed by atoms with Gasteiger partial charge in [0.1, 0.15) is 41.7 Å². The summed E-state index contributed by atoms with van der Waals surface area (Å²) < 4.78 is 17.0. The second kappa shape index (κ2) is 7.43. The Morgan fingerprint density at radius 2 is 1.80 bits per heavy atom. The molecule has 4 rings (SSSR count). The van der Waals surface area contributed by atoms with E-state index in [0.717, 1.165) is 10.9 Å². The molecular formula is C23H24O7. The number of fused-ring (bicyclic) bond motifs is 4. The largest absolute Gasteiger partial charge is 0.497 e. The molecule has 0 unspecified atom stereocenters. The Morgan fingerprint density at radius 3 is 2.50 bits per heavy atom. The van der Waals surface area contributed by atoms with Gasteiger partial charge >= 0.3 is 0 Å². The predicted octanol–water partition coefficient (Wildman–Crippen LogP) is 2.40. The van der Waals surface area contributed by atoms with Gasteiger partial charge in [0.2, 0.25) is 0 Å². The van der Waals surface area contributed by atoms with Gasteiger partial charge in [0, 0.05) is 22.4 Å². The number of ether oxygens (including phenoxy) is 2. The number of hydrogen-bond donors (Lipinski definition) is 3. The van der Waals surface area contributed by atoms with E-state index < -0.39 is 24.2 Å². The van der Waals surface area contributed by atoms with Crippen LogP contribution in [0, 0.1) is 0 Å². The first-order chi connectivity index (χ1) is 14.3. The molecular weight excluding hydrogens is 388 g/mol. The maximum Gasteiger partial charge on any atom is 0.197 e. The molecule has 0 fully saturated rings. The van der Waals surface area contributed by atoms with Crippen molar-refractivity contribution in [1.29, 1.82) is 0 Å². The first-order valence-corrected chi connectivity index (χ1v) is 9.68. The highest BCUT2D eigenvalue weighted by Gasteiger charge is 2.41. The van der Waals surface area contributed by atoms with E-state index in [9.17, 15) is 15.0 Å². The van der Waals surface area contributed by atoms with Crippen LogP contribution in [-0.4, -0.2) is 53.6 Å². The van der Waals surface area contributed by atoms with Crippen molar-refractivity contribution in [1.82, 2.24) is 0 Å². The van der Waals surface area contributed by atoms with Crippen molar-refractivity contribution in [2.24, 2.45) is 0 Å². The van der Waals surface area contributed by atoms with E-state index >= 15 is 0 Å². The van der Waals surface area contributed by atoms with Gasteiger partial charge in [-0.05, 0) is 49.7 Å². The fourth-order valence-corrected chi connectivity index (χ4v) is 3.87. The number of aliphatic hydroxyl groups excluding tert-OH is 3. The molecule has 2 atom stereocenters. The minimum Gasteiger partial charge on any atom is -0.497 e. The average molecular weight is 412 g/mol. The summed E-state index contributed by atoms with van der Waals surface area (Å²) in [7, 11) is 1.58. The third kappa shape index (κ3) is 3.15. The summed E-state index contributed by atoms with van der Waals surface area (Å²) in [6, 6.07) is 10.5. The van der Waals surface area contributed by atoms with E-state index in [0.29, 0.717) is 34.0 Å². The van der Waals surface area contributed by atoms with Gasteiger partial charge in [-0.3, -0.25) is 4.79 Å². The summed E-state index contributed by atoms with van der Waals surface area (Å²) in [6.07, 6.45) is -2.51. The number of methoxy groups -OCH3 is 1. The molecule has 0 saturated heterocycles. The van der Waals surface area contributed by atoms with Gasteiger partial charge in [-0.1, -0.05) is 0 Å². The molecule has 3 aromatic rings. The van der Waals surface area contributed by atoms with Crippen molar-refractivity contribution in [3.05, 3.63) is 58.8 Å². The first kappa shape index (κ1) is 20.4. The first-order valence-electron chi connectivity index (χ1n) is 9.68. The van der Waals surface area contributed by atoms with Gasteiger partial charge in [-0.15, -0.1) is 0 Å². The predicted molar refractivity (Wildman–Crippen MR) is 109 cm³/mol. The standard InChI is InChI=1S/C23H24O7/c1-23(2)16-8-13(29-11-18(26)17(25)10-24)5-6-14(16)21(27)20-15-7-4-12(28-3)9-19(15)30-22(20)23/h4-9,17-18,24-26H,10-11H2,1-3H3/t17-,18-/m1/s1. The molecule has 30 heavy (non-hydrogen) atoms. The van der Waals surface area contributed by atoms with Crippen LogP contribution >= 0.6 is 0 Å². The third-order valence-electron chi connectivity index (χ3n) is 5.65. The van der Waals surface area contributed by atoms with E-state index in [2.05, 4.69) is 0 Å². The number of carbonyl (C=O) groups excluding carboxylic acids is 1. The van der Waals surface area contributed by atoms with Gasteiger partial charge in [-0.2, -0.15) is 0 Å². The number of ketones is 1. The average Bonchev–Trinajstić information content (AvgIpc) is 3.15. The Bertz CT molecular complexity index is 1110. The monoisotopic (exact) mass is 412 g/mol. The second-order valence-electron chi connectivity index (χ2n) is 7.96. The Balaban J connectivity index is 1.74. The molecule has 1 aliphatic rings. The minimum atomic E-state index is -1.28. The molecule has 0 radical (unpaired) electrons. The lowest BCUT2D eigenvalue weighted by Gasteiger charge is -2.31. The number of hydrogen-bond acceptors (Lipinski definition) is 7. The zero-order chi connectivity index (χ0) is 21.6. The fourth-order valence-electron chi connectivity index (χ4n) is 3.87. The Hall–Kier alpha value is -2.87. The summed E-state index contributed by atoms with van der Waals surface area (Å²) in [6.45, 7) is 3.20. The molecule has 0 bridgehead atoms. The van der Waals surface area contributed by atoms with Gasteiger partial charge in [-0.25, -0.2) is 0 Å². The van der Waals surface area contributed by atoms with E-state index in [-0.39, 0.29) is 12.4 Å². The summed E-state index contributed by atoms with van der Waals surface area (Å²) in [4.78, 5) is 13.3. The van der Waals surface area contributed by atoms with Gasteiger partial charge in [0.25, 0.3) is 0 Å². The van der Waals surface area contributed by atoms with Gasteiger partial charge < -0.3 is 29.2 Å². The third-order valence-corrected chi connectivity index (χ3v) is 5.65. The van der Waals surface area contributed by atoms with E-state index in [1.54, 1.807) is 37.4 Å². The van der Waals surface area contributed by atoms with Crippen LogP contribution in [0.2, 0.25) is 0 Å². The maximum atomic E-state index is 13.3. The van der Waals surface area contributed by atoms with Crippen molar-refractivity contribution in [3.63, 3.8) is 0 Å². The molecule has 1 aliphatic carbocycles. The highest BCUT2D eigenvalue weighted by Crippen LogP contribution is 2.46. The normalized spacial score (nSPS) is 16.7. The van der Waals surface area contributed by atoms with Crippen molar-refractivity contribution in [2.75, 3.05) is 20.3 Å². The molecule has 1 heterocycles. The lowest BCUT2D eigenvalue weighted by Crippen LogP contribution is -2.34. The lowest BCUT2D eigenvalue weighted by molar-refractivity contribution is -0.0339. The summed E-state index contributed by atoms with van der Waals surface area (Å²) in [5, 5.41) is 29.0. The number of carbonyl (C=O) groups is 1. The van der Waals surface area contributed by atoms with E-state index in [1.807, 2.05) is 19.9 Å². The summed E-state index contributed by atoms with van der Waals surface area (Å²) in [5.41, 5.74) is 1.86. The zero-order valence-corrected chi connectivity index (χ0v) is 17.0. The number of benzene rings is 2. The Labute approximate surface area is 173 Å². The molecule has 0 saturated carbocycles. The molecule has 3 N–H and O–H groups in total. The smallest absolute Gasteiger partial charge is 0.197 e. The van der Waals surface area contributed by atoms with Crippen LogP contribution in [0.15, 0.2) is 40.8 Å². The molecule has 0 spiro atoms. The minimum absolute atomic E-state index is 0.120. The van der Waals surface area contributed by atoms with Crippen LogP contribution in [0.1, 0.15) is 41.1 Å². The van der Waals surface area contributed by atoms with Crippen LogP contribution in [0.4, 0.5) is 0 Å². The molecule has 1 aromatic heterocycles. The molecule has 2 aromatic carbocycles. The molecule has 7 heteroatoms. The number of aliphatic hydroxyl groups is 3. The summed E-state index contributed by atoms with van der Waals surface area (Å²) in [5.74, 6) is 1.55. The quantitative estimate of drug-likeness (QED) is 0.570. The molecule has 0 aliphatic heterocycles. The Morgan fingerprint density at radius 1 is 1.07 bits per heavy atom. The van der Waals surface area contributed by atoms with Crippen LogP contribution in [0.25, 0.3) is 11.0 Å². The maximum absolute atomic E-state index is 13.3. The summed E-state index contributed by atoms with van der Waals surface area (Å²) >= 11 is 0. The van der Waals surface area contributed by atoms with Crippen LogP contribution in [0.5, 0.6) is 11.5 Å². The topological polar surface area (TPSA) is 109 Å². The van der Waals surface area contributed by atoms with Crippen molar-refractivity contribution >= 4 is 16.8 Å². The fraction of sp³-hybridized carbons (Fsp3) is 0.348. The lowest BCUT2D eigenvalue weighted by atomic mass is 9.71. The van der Waals surface area contributed by atoms with Gasteiger partial charge in [0.15, 0.2) is 5.78 Å². The highest BCUT2D eigenvalue weighted by atomic mass is 16.5. The zero-order valence-electron chi connectivity index (χ0n) is 17.0. The van der Waals surface area contributed by atoms with Crippen molar-refractivity contribution in [2.45, 2.75) is 31.5 Å². The second-order valence-corrected chi connectivity index (χ2v) is 7.96. The molecule has 158 valence electrons. The molecule has 0 amide bonds. The van der Waals surface area contributed by atoms with Crippen LogP contribution in [0.3, 0.4) is 0 Å². The Kier molecular flexibility index (Phi) is 5.05. The highest BCUT2D eigenvalue weighted by molar-refractivity contribution is 6.19. The van der Waals surface area contributed by atoms with E-state index in [1.165, 1.54) is 0 Å². The SMILES string of the molecule is COc1ccc2c3c(oc2c1)C(C)(C)c1cc(OC[C@@H](O)[C@H](O)CO)ccc1C3=O. The van der Waals surface area contributed by atoms with E-state index in [4.69, 9.17) is 19.0 Å². The van der Waals surface area contributed by atoms with Crippen molar-refractivity contribution in [3.8, 4) is 11.5 Å². The van der Waals surface area contributed by atoms with Crippen LogP contribution in [-0.2, 0) is 5.41 Å².